The van der Waals surface area contributed by atoms with E-state index in [9.17, 15) is 18.0 Å². The summed E-state index contributed by atoms with van der Waals surface area (Å²) in [7, 11) is 1.34. The summed E-state index contributed by atoms with van der Waals surface area (Å²) >= 11 is 0. The number of alkyl halides is 3. The number of benzene rings is 1. The number of hydrogen-bond acceptors (Lipinski definition) is 5. The van der Waals surface area contributed by atoms with Gasteiger partial charge in [-0.2, -0.15) is 28.1 Å². The van der Waals surface area contributed by atoms with Crippen molar-refractivity contribution in [3.8, 4) is 0 Å². The number of anilines is 2. The Balaban J connectivity index is 2.17. The molecule has 1 aromatic carbocycles. The number of carbonyl (C=O) groups excluding carboxylic acids is 1. The zero-order valence-electron chi connectivity index (χ0n) is 15.4. The fourth-order valence-electron chi connectivity index (χ4n) is 2.38. The van der Waals surface area contributed by atoms with Crippen LogP contribution in [0.2, 0.25) is 0 Å². The first-order chi connectivity index (χ1) is 12.7. The predicted molar refractivity (Wildman–Crippen MR) is 96.4 cm³/mol. The molecule has 0 saturated heterocycles. The summed E-state index contributed by atoms with van der Waals surface area (Å²) in [5.41, 5.74) is 1.13. The van der Waals surface area contributed by atoms with Crippen molar-refractivity contribution in [2.75, 3.05) is 17.3 Å². The molecule has 0 aliphatic heterocycles. The third-order valence-corrected chi connectivity index (χ3v) is 3.94. The van der Waals surface area contributed by atoms with E-state index in [1.54, 1.807) is 6.92 Å². The minimum absolute atomic E-state index is 0.125. The molecule has 27 heavy (non-hydrogen) atoms. The Morgan fingerprint density at radius 2 is 1.85 bits per heavy atom. The van der Waals surface area contributed by atoms with Crippen LogP contribution in [0.25, 0.3) is 0 Å². The molecule has 9 heteroatoms. The zero-order chi connectivity index (χ0) is 20.0. The van der Waals surface area contributed by atoms with Crippen LogP contribution in [-0.2, 0) is 17.4 Å². The maximum absolute atomic E-state index is 13.1. The van der Waals surface area contributed by atoms with Crippen LogP contribution in [0.1, 0.15) is 38.1 Å². The van der Waals surface area contributed by atoms with Crippen molar-refractivity contribution < 1.29 is 18.0 Å². The summed E-state index contributed by atoms with van der Waals surface area (Å²) < 4.78 is 39.4. The van der Waals surface area contributed by atoms with E-state index in [4.69, 9.17) is 0 Å². The first-order valence-electron chi connectivity index (χ1n) is 8.61. The number of halogens is 3. The lowest BCUT2D eigenvalue weighted by Gasteiger charge is -2.19. The van der Waals surface area contributed by atoms with Crippen molar-refractivity contribution >= 4 is 17.8 Å². The van der Waals surface area contributed by atoms with E-state index in [0.29, 0.717) is 6.42 Å². The maximum Gasteiger partial charge on any atom is 0.451 e. The Morgan fingerprint density at radius 3 is 2.44 bits per heavy atom. The van der Waals surface area contributed by atoms with E-state index < -0.39 is 17.9 Å². The molecule has 0 saturated carbocycles. The molecule has 0 aliphatic carbocycles. The topological polar surface area (TPSA) is 71.0 Å². The molecule has 0 bridgehead atoms. The average Bonchev–Trinajstić information content (AvgIpc) is 2.65. The minimum atomic E-state index is -4.74. The van der Waals surface area contributed by atoms with Crippen LogP contribution >= 0.6 is 0 Å². The molecule has 146 valence electrons. The first-order valence-corrected chi connectivity index (χ1v) is 8.61. The van der Waals surface area contributed by atoms with E-state index in [1.165, 1.54) is 7.05 Å². The lowest BCUT2D eigenvalue weighted by molar-refractivity contribution is -0.145. The molecule has 1 heterocycles. The third kappa shape index (κ3) is 5.90. The quantitative estimate of drug-likeness (QED) is 0.792. The van der Waals surface area contributed by atoms with Crippen molar-refractivity contribution in [3.05, 3.63) is 41.7 Å². The molecule has 0 fully saturated rings. The Kier molecular flexibility index (Phi) is 6.70. The number of carbonyl (C=O) groups is 1. The molecule has 6 nitrogen and oxygen atoms in total. The van der Waals surface area contributed by atoms with Gasteiger partial charge in [-0.3, -0.25) is 9.69 Å². The zero-order valence-corrected chi connectivity index (χ0v) is 15.4. The third-order valence-electron chi connectivity index (χ3n) is 3.94. The average molecular weight is 381 g/mol. The number of rotatable bonds is 7. The van der Waals surface area contributed by atoms with Gasteiger partial charge in [-0.05, 0) is 25.3 Å². The standard InChI is InChI=1S/C18H22F3N5O/c1-4-14(27)26(3)17-24-15(18(19,20)21)23-16(25-17)22-12(2)10-11-13-8-6-5-7-9-13/h5-9,12H,4,10-11H2,1-3H3,(H,22,23,24,25). The molecule has 1 N–H and O–H groups in total. The van der Waals surface area contributed by atoms with Gasteiger partial charge in [0.25, 0.3) is 0 Å². The van der Waals surface area contributed by atoms with Crippen molar-refractivity contribution in [2.24, 2.45) is 0 Å². The first kappa shape index (κ1) is 20.6. The van der Waals surface area contributed by atoms with Crippen LogP contribution in [0.5, 0.6) is 0 Å². The molecule has 0 radical (unpaired) electrons. The maximum atomic E-state index is 13.1. The fraction of sp³-hybridized carbons (Fsp3) is 0.444. The van der Waals surface area contributed by atoms with Gasteiger partial charge >= 0.3 is 6.18 Å². The molecule has 2 rings (SSSR count). The van der Waals surface area contributed by atoms with E-state index in [1.807, 2.05) is 37.3 Å². The summed E-state index contributed by atoms with van der Waals surface area (Å²) in [6.45, 7) is 3.44. The van der Waals surface area contributed by atoms with Gasteiger partial charge in [0.2, 0.25) is 23.6 Å². The molecule has 1 amide bonds. The van der Waals surface area contributed by atoms with Crippen LogP contribution in [-0.4, -0.2) is 33.9 Å². The highest BCUT2D eigenvalue weighted by Gasteiger charge is 2.36. The van der Waals surface area contributed by atoms with Crippen LogP contribution in [0.4, 0.5) is 25.1 Å². The number of nitrogens with zero attached hydrogens (tertiary/aromatic N) is 4. The highest BCUT2D eigenvalue weighted by molar-refractivity contribution is 5.90. The van der Waals surface area contributed by atoms with Crippen LogP contribution in [0.15, 0.2) is 30.3 Å². The van der Waals surface area contributed by atoms with Gasteiger partial charge in [0.15, 0.2) is 0 Å². The van der Waals surface area contributed by atoms with Crippen molar-refractivity contribution in [1.29, 1.82) is 0 Å². The lowest BCUT2D eigenvalue weighted by Crippen LogP contribution is -2.29. The highest BCUT2D eigenvalue weighted by Crippen LogP contribution is 2.28. The SMILES string of the molecule is CCC(=O)N(C)c1nc(NC(C)CCc2ccccc2)nc(C(F)(F)F)n1. The van der Waals surface area contributed by atoms with Crippen molar-refractivity contribution in [1.82, 2.24) is 15.0 Å². The second kappa shape index (κ2) is 8.79. The number of aryl methyl sites for hydroxylation is 1. The van der Waals surface area contributed by atoms with Gasteiger partial charge in [-0.1, -0.05) is 37.3 Å². The summed E-state index contributed by atoms with van der Waals surface area (Å²) in [6.07, 6.45) is -3.18. The summed E-state index contributed by atoms with van der Waals surface area (Å²) in [5.74, 6) is -2.26. The Hall–Kier alpha value is -2.71. The number of nitrogens with one attached hydrogen (secondary N) is 1. The van der Waals surface area contributed by atoms with Gasteiger partial charge in [0, 0.05) is 19.5 Å². The summed E-state index contributed by atoms with van der Waals surface area (Å²) in [4.78, 5) is 23.6. The van der Waals surface area contributed by atoms with E-state index in [-0.39, 0.29) is 24.4 Å². The van der Waals surface area contributed by atoms with E-state index >= 15 is 0 Å². The van der Waals surface area contributed by atoms with Gasteiger partial charge in [0.1, 0.15) is 0 Å². The Morgan fingerprint density at radius 1 is 1.19 bits per heavy atom. The molecule has 2 aromatic rings. The monoisotopic (exact) mass is 381 g/mol. The second-order valence-electron chi connectivity index (χ2n) is 6.16. The number of aromatic nitrogens is 3. The number of hydrogen-bond donors (Lipinski definition) is 1. The molecule has 0 spiro atoms. The number of amides is 1. The molecular weight excluding hydrogens is 359 g/mol. The fourth-order valence-corrected chi connectivity index (χ4v) is 2.38. The molecule has 1 unspecified atom stereocenters. The molecule has 0 aliphatic rings. The predicted octanol–water partition coefficient (Wildman–Crippen LogP) is 3.70. The van der Waals surface area contributed by atoms with Gasteiger partial charge in [-0.25, -0.2) is 0 Å². The van der Waals surface area contributed by atoms with Gasteiger partial charge < -0.3 is 5.32 Å². The van der Waals surface area contributed by atoms with Crippen molar-refractivity contribution in [2.45, 2.75) is 45.3 Å². The smallest absolute Gasteiger partial charge is 0.352 e. The molecular formula is C18H22F3N5O. The largest absolute Gasteiger partial charge is 0.451 e. The Labute approximate surface area is 155 Å². The Bertz CT molecular complexity index is 767. The summed E-state index contributed by atoms with van der Waals surface area (Å²) in [6, 6.07) is 9.59. The van der Waals surface area contributed by atoms with E-state index in [0.717, 1.165) is 16.9 Å². The molecule has 1 atom stereocenters. The molecule has 1 aromatic heterocycles. The lowest BCUT2D eigenvalue weighted by atomic mass is 10.1. The van der Waals surface area contributed by atoms with Gasteiger partial charge in [-0.15, -0.1) is 0 Å². The highest BCUT2D eigenvalue weighted by atomic mass is 19.4. The van der Waals surface area contributed by atoms with Crippen LogP contribution < -0.4 is 10.2 Å². The van der Waals surface area contributed by atoms with Crippen LogP contribution in [0, 0.1) is 0 Å². The minimum Gasteiger partial charge on any atom is -0.352 e. The normalized spacial score (nSPS) is 12.5. The van der Waals surface area contributed by atoms with Crippen molar-refractivity contribution in [3.63, 3.8) is 0 Å². The van der Waals surface area contributed by atoms with E-state index in [2.05, 4.69) is 20.3 Å². The second-order valence-corrected chi connectivity index (χ2v) is 6.16. The van der Waals surface area contributed by atoms with Gasteiger partial charge in [0.05, 0.1) is 0 Å². The van der Waals surface area contributed by atoms with Crippen LogP contribution in [0.3, 0.4) is 0 Å². The summed E-state index contributed by atoms with van der Waals surface area (Å²) in [5, 5.41) is 2.88.